The van der Waals surface area contributed by atoms with Crippen molar-refractivity contribution in [3.05, 3.63) is 62.4 Å². The molecule has 0 heterocycles. The molecule has 92 valence electrons. The van der Waals surface area contributed by atoms with Crippen LogP contribution in [0.1, 0.15) is 10.4 Å². The molecule has 0 saturated carbocycles. The lowest BCUT2D eigenvalue weighted by Crippen LogP contribution is -2.13. The van der Waals surface area contributed by atoms with Crippen molar-refractivity contribution in [2.45, 2.75) is 0 Å². The van der Waals surface area contributed by atoms with Crippen molar-refractivity contribution < 1.29 is 9.18 Å². The third kappa shape index (κ3) is 3.20. The molecular formula is C13H8ClFINO. The predicted octanol–water partition coefficient (Wildman–Crippen LogP) is 4.34. The number of hydrogen-bond acceptors (Lipinski definition) is 1. The monoisotopic (exact) mass is 375 g/mol. The molecule has 0 aliphatic carbocycles. The molecule has 0 spiro atoms. The van der Waals surface area contributed by atoms with Crippen LogP contribution in [0.5, 0.6) is 0 Å². The van der Waals surface area contributed by atoms with Crippen molar-refractivity contribution in [3.63, 3.8) is 0 Å². The first-order chi connectivity index (χ1) is 8.56. The Morgan fingerprint density at radius 2 is 1.83 bits per heavy atom. The van der Waals surface area contributed by atoms with Gasteiger partial charge in [-0.25, -0.2) is 4.39 Å². The molecule has 0 aliphatic rings. The summed E-state index contributed by atoms with van der Waals surface area (Å²) in [4.78, 5) is 11.9. The average molecular weight is 376 g/mol. The number of rotatable bonds is 2. The van der Waals surface area contributed by atoms with Gasteiger partial charge >= 0.3 is 0 Å². The quantitative estimate of drug-likeness (QED) is 0.778. The van der Waals surface area contributed by atoms with Crippen molar-refractivity contribution in [1.29, 1.82) is 0 Å². The van der Waals surface area contributed by atoms with Crippen LogP contribution in [0.3, 0.4) is 0 Å². The van der Waals surface area contributed by atoms with Crippen molar-refractivity contribution >= 4 is 45.8 Å². The number of amides is 1. The molecule has 0 aliphatic heterocycles. The van der Waals surface area contributed by atoms with Crippen LogP contribution in [-0.4, -0.2) is 5.91 Å². The number of anilines is 1. The van der Waals surface area contributed by atoms with Gasteiger partial charge in [-0.1, -0.05) is 11.6 Å². The summed E-state index contributed by atoms with van der Waals surface area (Å²) in [6.45, 7) is 0. The normalized spacial score (nSPS) is 10.2. The van der Waals surface area contributed by atoms with Crippen LogP contribution in [0, 0.1) is 9.39 Å². The maximum absolute atomic E-state index is 13.5. The van der Waals surface area contributed by atoms with E-state index in [9.17, 15) is 9.18 Å². The van der Waals surface area contributed by atoms with E-state index in [-0.39, 0.29) is 5.56 Å². The predicted molar refractivity (Wildman–Crippen MR) is 78.5 cm³/mol. The molecule has 2 rings (SSSR count). The van der Waals surface area contributed by atoms with Crippen LogP contribution >= 0.6 is 34.2 Å². The third-order valence-corrected chi connectivity index (χ3v) is 3.23. The van der Waals surface area contributed by atoms with E-state index in [4.69, 9.17) is 11.6 Å². The van der Waals surface area contributed by atoms with E-state index in [2.05, 4.69) is 27.9 Å². The highest BCUT2D eigenvalue weighted by Gasteiger charge is 2.12. The molecule has 2 aromatic carbocycles. The highest BCUT2D eigenvalue weighted by Crippen LogP contribution is 2.17. The van der Waals surface area contributed by atoms with Gasteiger partial charge in [0.2, 0.25) is 0 Å². The Morgan fingerprint density at radius 3 is 2.50 bits per heavy atom. The summed E-state index contributed by atoms with van der Waals surface area (Å²) in [6, 6.07) is 11.1. The summed E-state index contributed by atoms with van der Waals surface area (Å²) in [6.07, 6.45) is 0. The second-order valence-corrected chi connectivity index (χ2v) is 5.27. The van der Waals surface area contributed by atoms with Gasteiger partial charge in [0, 0.05) is 14.3 Å². The van der Waals surface area contributed by atoms with E-state index >= 15 is 0 Å². The number of nitrogens with one attached hydrogen (secondary N) is 1. The Balaban J connectivity index is 2.21. The van der Waals surface area contributed by atoms with Gasteiger partial charge in [0.05, 0.1) is 5.56 Å². The molecule has 0 fully saturated rings. The first-order valence-electron chi connectivity index (χ1n) is 5.08. The molecule has 0 aromatic heterocycles. The standard InChI is InChI=1S/C13H8ClFINO/c14-8-1-6-12(15)11(7-8)13(18)17-10-4-2-9(16)3-5-10/h1-7H,(H,17,18). The van der Waals surface area contributed by atoms with E-state index < -0.39 is 11.7 Å². The second-order valence-electron chi connectivity index (χ2n) is 3.59. The van der Waals surface area contributed by atoms with Gasteiger partial charge in [0.25, 0.3) is 5.91 Å². The lowest BCUT2D eigenvalue weighted by molar-refractivity contribution is 0.102. The van der Waals surface area contributed by atoms with Gasteiger partial charge in [-0.3, -0.25) is 4.79 Å². The zero-order chi connectivity index (χ0) is 13.1. The summed E-state index contributed by atoms with van der Waals surface area (Å²) in [7, 11) is 0. The highest BCUT2D eigenvalue weighted by molar-refractivity contribution is 14.1. The van der Waals surface area contributed by atoms with Gasteiger partial charge in [0.15, 0.2) is 0 Å². The Labute approximate surface area is 122 Å². The van der Waals surface area contributed by atoms with Gasteiger partial charge in [-0.15, -0.1) is 0 Å². The van der Waals surface area contributed by atoms with E-state index in [0.29, 0.717) is 10.7 Å². The van der Waals surface area contributed by atoms with Crippen molar-refractivity contribution in [1.82, 2.24) is 0 Å². The average Bonchev–Trinajstić information content (AvgIpc) is 2.35. The van der Waals surface area contributed by atoms with Gasteiger partial charge in [-0.2, -0.15) is 0 Å². The van der Waals surface area contributed by atoms with E-state index in [1.807, 2.05) is 12.1 Å². The largest absolute Gasteiger partial charge is 0.322 e. The van der Waals surface area contributed by atoms with Crippen LogP contribution in [0.4, 0.5) is 10.1 Å². The number of carbonyl (C=O) groups excluding carboxylic acids is 1. The van der Waals surface area contributed by atoms with E-state index in [1.54, 1.807) is 12.1 Å². The van der Waals surface area contributed by atoms with Crippen LogP contribution in [0.25, 0.3) is 0 Å². The third-order valence-electron chi connectivity index (χ3n) is 2.28. The SMILES string of the molecule is O=C(Nc1ccc(I)cc1)c1cc(Cl)ccc1F. The lowest BCUT2D eigenvalue weighted by Gasteiger charge is -2.06. The Hall–Kier alpha value is -1.14. The fraction of sp³-hybridized carbons (Fsp3) is 0. The van der Waals surface area contributed by atoms with Gasteiger partial charge < -0.3 is 5.32 Å². The number of halogens is 3. The summed E-state index contributed by atoms with van der Waals surface area (Å²) in [5.74, 6) is -1.11. The topological polar surface area (TPSA) is 29.1 Å². The molecule has 2 nitrogen and oxygen atoms in total. The molecule has 5 heteroatoms. The van der Waals surface area contributed by atoms with Crippen LogP contribution < -0.4 is 5.32 Å². The summed E-state index contributed by atoms with van der Waals surface area (Å²) >= 11 is 7.90. The first kappa shape index (κ1) is 13.3. The number of benzene rings is 2. The smallest absolute Gasteiger partial charge is 0.258 e. The van der Waals surface area contributed by atoms with Crippen LogP contribution in [0.2, 0.25) is 5.02 Å². The molecule has 18 heavy (non-hydrogen) atoms. The molecule has 1 amide bonds. The van der Waals surface area contributed by atoms with Gasteiger partial charge in [0.1, 0.15) is 5.82 Å². The number of carbonyl (C=O) groups is 1. The lowest BCUT2D eigenvalue weighted by atomic mass is 10.2. The first-order valence-corrected chi connectivity index (χ1v) is 6.54. The summed E-state index contributed by atoms with van der Waals surface area (Å²) in [5, 5.41) is 2.94. The highest BCUT2D eigenvalue weighted by atomic mass is 127. The van der Waals surface area contributed by atoms with Gasteiger partial charge in [-0.05, 0) is 65.1 Å². The fourth-order valence-corrected chi connectivity index (χ4v) is 1.93. The minimum Gasteiger partial charge on any atom is -0.322 e. The van der Waals surface area contributed by atoms with Crippen molar-refractivity contribution in [2.75, 3.05) is 5.32 Å². The minimum atomic E-state index is -0.595. The van der Waals surface area contributed by atoms with Crippen molar-refractivity contribution in [2.24, 2.45) is 0 Å². The minimum absolute atomic E-state index is 0.0685. The molecule has 0 radical (unpaired) electrons. The molecule has 2 aromatic rings. The van der Waals surface area contributed by atoms with Crippen LogP contribution in [0.15, 0.2) is 42.5 Å². The Kier molecular flexibility index (Phi) is 4.19. The van der Waals surface area contributed by atoms with Crippen molar-refractivity contribution in [3.8, 4) is 0 Å². The fourth-order valence-electron chi connectivity index (χ4n) is 1.40. The van der Waals surface area contributed by atoms with Crippen LogP contribution in [-0.2, 0) is 0 Å². The zero-order valence-electron chi connectivity index (χ0n) is 9.08. The maximum atomic E-state index is 13.5. The molecule has 1 N–H and O–H groups in total. The maximum Gasteiger partial charge on any atom is 0.258 e. The molecule has 0 bridgehead atoms. The van der Waals surface area contributed by atoms with E-state index in [1.165, 1.54) is 18.2 Å². The summed E-state index contributed by atoms with van der Waals surface area (Å²) < 4.78 is 14.5. The molecule has 0 saturated heterocycles. The number of hydrogen-bond donors (Lipinski definition) is 1. The summed E-state index contributed by atoms with van der Waals surface area (Å²) in [5.41, 5.74) is 0.542. The Morgan fingerprint density at radius 1 is 1.17 bits per heavy atom. The molecule has 0 atom stereocenters. The molecular weight excluding hydrogens is 368 g/mol. The molecule has 0 unspecified atom stereocenters. The zero-order valence-corrected chi connectivity index (χ0v) is 12.0. The second kappa shape index (κ2) is 5.67. The van der Waals surface area contributed by atoms with E-state index in [0.717, 1.165) is 3.57 Å². The Bertz CT molecular complexity index is 586.